The normalized spacial score (nSPS) is 15.1. The quantitative estimate of drug-likeness (QED) is 0.809. The molecule has 1 N–H and O–H groups in total. The van der Waals surface area contributed by atoms with Crippen LogP contribution in [0.2, 0.25) is 0 Å². The first-order valence-electron chi connectivity index (χ1n) is 5.30. The topological polar surface area (TPSA) is 29.1 Å². The van der Waals surface area contributed by atoms with Crippen LogP contribution in [0, 0.1) is 5.82 Å². The number of hydrogen-bond donors (Lipinski definition) is 1. The Morgan fingerprint density at radius 2 is 2.27 bits per heavy atom. The maximum absolute atomic E-state index is 13.5. The lowest BCUT2D eigenvalue weighted by Gasteiger charge is -2.05. The van der Waals surface area contributed by atoms with E-state index in [-0.39, 0.29) is 17.5 Å². The van der Waals surface area contributed by atoms with Crippen molar-refractivity contribution in [1.82, 2.24) is 5.32 Å². The van der Waals surface area contributed by atoms with Crippen LogP contribution in [0.1, 0.15) is 35.7 Å². The van der Waals surface area contributed by atoms with Gasteiger partial charge in [-0.05, 0) is 37.0 Å². The third-order valence-corrected chi connectivity index (χ3v) is 2.60. The number of carbonyl (C=O) groups is 1. The van der Waals surface area contributed by atoms with E-state index in [2.05, 4.69) is 5.32 Å². The molecule has 0 heterocycles. The Bertz CT molecular complexity index is 385. The van der Waals surface area contributed by atoms with Crippen molar-refractivity contribution in [3.8, 4) is 0 Å². The molecule has 1 aliphatic rings. The van der Waals surface area contributed by atoms with E-state index in [1.54, 1.807) is 12.1 Å². The fraction of sp³-hybridized carbons (Fsp3) is 0.417. The lowest BCUT2D eigenvalue weighted by Crippen LogP contribution is -2.26. The molecule has 0 aromatic heterocycles. The number of benzene rings is 1. The van der Waals surface area contributed by atoms with Crippen molar-refractivity contribution >= 4 is 5.91 Å². The van der Waals surface area contributed by atoms with E-state index in [4.69, 9.17) is 0 Å². The van der Waals surface area contributed by atoms with Gasteiger partial charge in [0.1, 0.15) is 5.82 Å². The highest BCUT2D eigenvalue weighted by molar-refractivity contribution is 5.94. The minimum Gasteiger partial charge on any atom is -0.349 e. The lowest BCUT2D eigenvalue weighted by atomic mass is 10.1. The molecule has 1 saturated carbocycles. The Kier molecular flexibility index (Phi) is 2.71. The van der Waals surface area contributed by atoms with Crippen molar-refractivity contribution < 1.29 is 9.18 Å². The van der Waals surface area contributed by atoms with E-state index in [9.17, 15) is 9.18 Å². The Hall–Kier alpha value is -1.38. The summed E-state index contributed by atoms with van der Waals surface area (Å²) < 4.78 is 13.5. The summed E-state index contributed by atoms with van der Waals surface area (Å²) in [4.78, 5) is 11.6. The van der Waals surface area contributed by atoms with Crippen molar-refractivity contribution in [2.45, 2.75) is 32.2 Å². The maximum atomic E-state index is 13.5. The van der Waals surface area contributed by atoms with Gasteiger partial charge in [-0.1, -0.05) is 13.0 Å². The zero-order chi connectivity index (χ0) is 10.8. The molecule has 0 atom stereocenters. The van der Waals surface area contributed by atoms with E-state index in [1.165, 1.54) is 6.07 Å². The highest BCUT2D eigenvalue weighted by Gasteiger charge is 2.24. The standard InChI is InChI=1S/C12H14FNO/c1-2-8-3-6-10(11(13)7-8)12(15)14-9-4-5-9/h3,6-7,9H,2,4-5H2,1H3,(H,14,15). The van der Waals surface area contributed by atoms with Crippen LogP contribution >= 0.6 is 0 Å². The SMILES string of the molecule is CCc1ccc(C(=O)NC2CC2)c(F)c1. The number of amides is 1. The van der Waals surface area contributed by atoms with Gasteiger partial charge in [0.15, 0.2) is 0 Å². The Balaban J connectivity index is 2.15. The van der Waals surface area contributed by atoms with Gasteiger partial charge in [0.2, 0.25) is 0 Å². The zero-order valence-corrected chi connectivity index (χ0v) is 8.72. The van der Waals surface area contributed by atoms with Gasteiger partial charge in [0.25, 0.3) is 5.91 Å². The van der Waals surface area contributed by atoms with Crippen LogP contribution in [-0.4, -0.2) is 11.9 Å². The van der Waals surface area contributed by atoms with Crippen LogP contribution in [0.15, 0.2) is 18.2 Å². The Labute approximate surface area is 88.5 Å². The number of rotatable bonds is 3. The third-order valence-electron chi connectivity index (χ3n) is 2.60. The molecule has 2 rings (SSSR count). The first kappa shape index (κ1) is 10.1. The zero-order valence-electron chi connectivity index (χ0n) is 8.72. The molecular formula is C12H14FNO. The second-order valence-corrected chi connectivity index (χ2v) is 3.92. The highest BCUT2D eigenvalue weighted by atomic mass is 19.1. The third kappa shape index (κ3) is 2.35. The lowest BCUT2D eigenvalue weighted by molar-refractivity contribution is 0.0947. The van der Waals surface area contributed by atoms with Gasteiger partial charge in [-0.3, -0.25) is 4.79 Å². The van der Waals surface area contributed by atoms with Gasteiger partial charge in [0.05, 0.1) is 5.56 Å². The molecule has 0 unspecified atom stereocenters. The molecular weight excluding hydrogens is 193 g/mol. The van der Waals surface area contributed by atoms with Crippen LogP contribution in [0.3, 0.4) is 0 Å². The summed E-state index contributed by atoms with van der Waals surface area (Å²) in [5, 5.41) is 2.77. The number of carbonyl (C=O) groups excluding carboxylic acids is 1. The highest BCUT2D eigenvalue weighted by Crippen LogP contribution is 2.20. The summed E-state index contributed by atoms with van der Waals surface area (Å²) in [5.41, 5.74) is 1.06. The summed E-state index contributed by atoms with van der Waals surface area (Å²) in [6.07, 6.45) is 2.81. The van der Waals surface area contributed by atoms with E-state index < -0.39 is 5.82 Å². The summed E-state index contributed by atoms with van der Waals surface area (Å²) >= 11 is 0. The predicted molar refractivity (Wildman–Crippen MR) is 56.3 cm³/mol. The predicted octanol–water partition coefficient (Wildman–Crippen LogP) is 2.28. The average molecular weight is 207 g/mol. The molecule has 1 amide bonds. The molecule has 1 aromatic rings. The number of hydrogen-bond acceptors (Lipinski definition) is 1. The van der Waals surface area contributed by atoms with Gasteiger partial charge < -0.3 is 5.32 Å². The minimum absolute atomic E-state index is 0.152. The van der Waals surface area contributed by atoms with Crippen molar-refractivity contribution in [2.75, 3.05) is 0 Å². The van der Waals surface area contributed by atoms with Gasteiger partial charge in [-0.2, -0.15) is 0 Å². The molecule has 3 heteroatoms. The number of nitrogens with one attached hydrogen (secondary N) is 1. The maximum Gasteiger partial charge on any atom is 0.254 e. The molecule has 0 saturated heterocycles. The van der Waals surface area contributed by atoms with Crippen molar-refractivity contribution in [3.63, 3.8) is 0 Å². The molecule has 80 valence electrons. The fourth-order valence-corrected chi connectivity index (χ4v) is 1.45. The summed E-state index contributed by atoms with van der Waals surface area (Å²) in [5.74, 6) is -0.717. The molecule has 1 aliphatic carbocycles. The number of halogens is 1. The smallest absolute Gasteiger partial charge is 0.254 e. The molecule has 1 fully saturated rings. The summed E-state index contributed by atoms with van der Waals surface area (Å²) in [7, 11) is 0. The van der Waals surface area contributed by atoms with E-state index in [0.717, 1.165) is 24.8 Å². The summed E-state index contributed by atoms with van der Waals surface area (Å²) in [6, 6.07) is 5.06. The van der Waals surface area contributed by atoms with Gasteiger partial charge in [0, 0.05) is 6.04 Å². The van der Waals surface area contributed by atoms with Crippen LogP contribution in [0.4, 0.5) is 4.39 Å². The number of aryl methyl sites for hydroxylation is 1. The molecule has 0 spiro atoms. The molecule has 0 radical (unpaired) electrons. The summed E-state index contributed by atoms with van der Waals surface area (Å²) in [6.45, 7) is 1.96. The van der Waals surface area contributed by atoms with Crippen molar-refractivity contribution in [3.05, 3.63) is 35.1 Å². The minimum atomic E-state index is -0.424. The second kappa shape index (κ2) is 4.01. The first-order valence-corrected chi connectivity index (χ1v) is 5.30. The monoisotopic (exact) mass is 207 g/mol. The molecule has 0 bridgehead atoms. The van der Waals surface area contributed by atoms with Crippen LogP contribution in [0.5, 0.6) is 0 Å². The van der Waals surface area contributed by atoms with Crippen LogP contribution in [-0.2, 0) is 6.42 Å². The van der Waals surface area contributed by atoms with Gasteiger partial charge in [-0.15, -0.1) is 0 Å². The molecule has 2 nitrogen and oxygen atoms in total. The van der Waals surface area contributed by atoms with Crippen molar-refractivity contribution in [2.24, 2.45) is 0 Å². The van der Waals surface area contributed by atoms with E-state index >= 15 is 0 Å². The van der Waals surface area contributed by atoms with Gasteiger partial charge >= 0.3 is 0 Å². The largest absolute Gasteiger partial charge is 0.349 e. The first-order chi connectivity index (χ1) is 7.20. The Morgan fingerprint density at radius 3 is 2.80 bits per heavy atom. The fourth-order valence-electron chi connectivity index (χ4n) is 1.45. The Morgan fingerprint density at radius 1 is 1.53 bits per heavy atom. The van der Waals surface area contributed by atoms with E-state index in [0.29, 0.717) is 0 Å². The van der Waals surface area contributed by atoms with Crippen LogP contribution < -0.4 is 5.32 Å². The van der Waals surface area contributed by atoms with E-state index in [1.807, 2.05) is 6.92 Å². The van der Waals surface area contributed by atoms with Crippen molar-refractivity contribution in [1.29, 1.82) is 0 Å². The second-order valence-electron chi connectivity index (χ2n) is 3.92. The van der Waals surface area contributed by atoms with Crippen LogP contribution in [0.25, 0.3) is 0 Å². The molecule has 15 heavy (non-hydrogen) atoms. The molecule has 1 aromatic carbocycles. The van der Waals surface area contributed by atoms with Gasteiger partial charge in [-0.25, -0.2) is 4.39 Å². The molecule has 0 aliphatic heterocycles. The average Bonchev–Trinajstić information content (AvgIpc) is 3.01.